The first-order chi connectivity index (χ1) is 20.5. The Morgan fingerprint density at radius 1 is 0.953 bits per heavy atom. The summed E-state index contributed by atoms with van der Waals surface area (Å²) in [6, 6.07) is 6.91. The van der Waals surface area contributed by atoms with E-state index in [0.29, 0.717) is 16.7 Å². The van der Waals surface area contributed by atoms with E-state index in [1.807, 2.05) is 35.8 Å². The van der Waals surface area contributed by atoms with E-state index < -0.39 is 53.6 Å². The zero-order valence-corrected chi connectivity index (χ0v) is 25.8. The fourth-order valence-electron chi connectivity index (χ4n) is 5.29. The van der Waals surface area contributed by atoms with Crippen LogP contribution in [0.3, 0.4) is 0 Å². The molecule has 4 rings (SSSR count). The second-order valence-corrected chi connectivity index (χ2v) is 11.7. The third-order valence-corrected chi connectivity index (χ3v) is 8.23. The van der Waals surface area contributed by atoms with E-state index in [9.17, 15) is 19.2 Å². The first kappa shape index (κ1) is 32.3. The van der Waals surface area contributed by atoms with Crippen molar-refractivity contribution in [3.63, 3.8) is 0 Å². The zero-order chi connectivity index (χ0) is 31.1. The van der Waals surface area contributed by atoms with Gasteiger partial charge in [0.15, 0.2) is 23.2 Å². The smallest absolute Gasteiger partial charge is 0.303 e. The van der Waals surface area contributed by atoms with Crippen molar-refractivity contribution < 1.29 is 42.9 Å². The fourth-order valence-corrected chi connectivity index (χ4v) is 6.52. The number of benzene rings is 1. The Morgan fingerprint density at radius 3 is 2.21 bits per heavy atom. The van der Waals surface area contributed by atoms with Crippen molar-refractivity contribution in [2.75, 3.05) is 6.61 Å². The van der Waals surface area contributed by atoms with Gasteiger partial charge in [0, 0.05) is 33.7 Å². The second-order valence-electron chi connectivity index (χ2n) is 10.6. The van der Waals surface area contributed by atoms with Crippen molar-refractivity contribution in [2.24, 2.45) is 0 Å². The molecule has 0 spiro atoms. The summed E-state index contributed by atoms with van der Waals surface area (Å²) >= 11 is 1.19. The van der Waals surface area contributed by atoms with Crippen molar-refractivity contribution in [3.05, 3.63) is 35.7 Å². The fraction of sp³-hybridized carbons (Fsp3) is 0.586. The van der Waals surface area contributed by atoms with Crippen LogP contribution in [0.2, 0.25) is 0 Å². The lowest BCUT2D eigenvalue weighted by molar-refractivity contribution is -0.211. The summed E-state index contributed by atoms with van der Waals surface area (Å²) in [5, 5.41) is 12.2. The molecule has 1 aromatic carbocycles. The summed E-state index contributed by atoms with van der Waals surface area (Å²) in [4.78, 5) is 48.3. The van der Waals surface area contributed by atoms with Gasteiger partial charge in [-0.05, 0) is 31.9 Å². The highest BCUT2D eigenvalue weighted by molar-refractivity contribution is 7.99. The van der Waals surface area contributed by atoms with Crippen molar-refractivity contribution >= 4 is 35.6 Å². The Bertz CT molecular complexity index is 1300. The first-order valence-corrected chi connectivity index (χ1v) is 15.1. The number of aryl methyl sites for hydroxylation is 1. The average molecular weight is 619 g/mol. The van der Waals surface area contributed by atoms with Gasteiger partial charge in [-0.2, -0.15) is 0 Å². The number of aromatic nitrogens is 3. The largest absolute Gasteiger partial charge is 0.486 e. The van der Waals surface area contributed by atoms with Crippen molar-refractivity contribution in [1.82, 2.24) is 20.1 Å². The van der Waals surface area contributed by atoms with Gasteiger partial charge in [0.1, 0.15) is 36.5 Å². The number of carbonyl (C=O) groups is 4. The van der Waals surface area contributed by atoms with E-state index >= 15 is 0 Å². The highest BCUT2D eigenvalue weighted by Crippen LogP contribution is 2.39. The number of hydrogen-bond donors (Lipinski definition) is 1. The summed E-state index contributed by atoms with van der Waals surface area (Å²) < 4.78 is 30.8. The molecule has 5 atom stereocenters. The highest BCUT2D eigenvalue weighted by atomic mass is 32.2. The van der Waals surface area contributed by atoms with Crippen molar-refractivity contribution in [1.29, 1.82) is 0 Å². The van der Waals surface area contributed by atoms with Gasteiger partial charge in [0.25, 0.3) is 0 Å². The van der Waals surface area contributed by atoms with Gasteiger partial charge in [-0.1, -0.05) is 42.3 Å². The van der Waals surface area contributed by atoms with Crippen LogP contribution in [0.5, 0.6) is 5.75 Å². The number of hydrogen-bond acceptors (Lipinski definition) is 12. The van der Waals surface area contributed by atoms with Crippen LogP contribution in [0.1, 0.15) is 70.8 Å². The summed E-state index contributed by atoms with van der Waals surface area (Å²) in [6.45, 7) is 6.89. The van der Waals surface area contributed by atoms with Crippen LogP contribution in [-0.4, -0.2) is 75.0 Å². The lowest BCUT2D eigenvalue weighted by Crippen LogP contribution is -2.65. The molecule has 2 heterocycles. The third kappa shape index (κ3) is 8.69. The molecule has 234 valence electrons. The van der Waals surface area contributed by atoms with E-state index in [2.05, 4.69) is 15.5 Å². The van der Waals surface area contributed by atoms with Gasteiger partial charge >= 0.3 is 17.9 Å². The number of rotatable bonds is 11. The quantitative estimate of drug-likeness (QED) is 0.290. The van der Waals surface area contributed by atoms with Crippen molar-refractivity contribution in [2.45, 2.75) is 108 Å². The number of ether oxygens (including phenoxy) is 5. The Balaban J connectivity index is 1.68. The van der Waals surface area contributed by atoms with Crippen LogP contribution in [0.15, 0.2) is 29.4 Å². The number of nitrogens with one attached hydrogen (secondary N) is 1. The Labute approximate surface area is 254 Å². The first-order valence-electron chi connectivity index (χ1n) is 14.2. The van der Waals surface area contributed by atoms with Gasteiger partial charge in [-0.25, -0.2) is 0 Å². The standard InChI is InChI=1S/C29H38N4O9S/c1-16-10-12-22(13-11-16)39-15-24-31-32-29(33(24)21-8-6-7-9-21)43-28-25(30-17(2)34)27(41-20(5)37)26(40-19(4)36)23(42-28)14-38-18(3)35/h10-13,21,23,25-28H,6-9,14-15H2,1-5H3,(H,30,34)/t23-,25-,26-,27-,28+/m1/s1. The lowest BCUT2D eigenvalue weighted by atomic mass is 9.97. The third-order valence-electron chi connectivity index (χ3n) is 7.11. The number of thioether (sulfide) groups is 1. The van der Waals surface area contributed by atoms with E-state index in [1.165, 1.54) is 39.5 Å². The van der Waals surface area contributed by atoms with Gasteiger partial charge in [-0.15, -0.1) is 10.2 Å². The zero-order valence-electron chi connectivity index (χ0n) is 24.9. The number of esters is 3. The minimum absolute atomic E-state index is 0.131. The summed E-state index contributed by atoms with van der Waals surface area (Å²) in [6.07, 6.45) is 0.662. The number of amides is 1. The Morgan fingerprint density at radius 2 is 1.60 bits per heavy atom. The molecule has 0 radical (unpaired) electrons. The maximum absolute atomic E-state index is 12.3. The normalized spacial score (nSPS) is 23.8. The van der Waals surface area contributed by atoms with Gasteiger partial charge in [0.05, 0.1) is 0 Å². The van der Waals surface area contributed by atoms with E-state index in [4.69, 9.17) is 23.7 Å². The van der Waals surface area contributed by atoms with Crippen LogP contribution in [0, 0.1) is 6.92 Å². The molecule has 43 heavy (non-hydrogen) atoms. The van der Waals surface area contributed by atoms with Crippen LogP contribution in [0.25, 0.3) is 0 Å². The molecule has 2 fully saturated rings. The summed E-state index contributed by atoms with van der Waals surface area (Å²) in [7, 11) is 0. The molecular weight excluding hydrogens is 580 g/mol. The molecule has 0 bridgehead atoms. The molecule has 1 saturated heterocycles. The van der Waals surface area contributed by atoms with Crippen LogP contribution in [0.4, 0.5) is 0 Å². The molecule has 1 aromatic heterocycles. The summed E-state index contributed by atoms with van der Waals surface area (Å²) in [5.74, 6) is -0.962. The number of carbonyl (C=O) groups excluding carboxylic acids is 4. The second kappa shape index (κ2) is 14.7. The maximum Gasteiger partial charge on any atom is 0.303 e. The molecule has 2 aromatic rings. The maximum atomic E-state index is 12.3. The van der Waals surface area contributed by atoms with E-state index in [-0.39, 0.29) is 19.3 Å². The molecule has 13 nitrogen and oxygen atoms in total. The molecule has 2 aliphatic rings. The summed E-state index contributed by atoms with van der Waals surface area (Å²) in [5.41, 5.74) is 0.229. The van der Waals surface area contributed by atoms with Gasteiger partial charge in [-0.3, -0.25) is 23.7 Å². The average Bonchev–Trinajstić information content (AvgIpc) is 3.59. The van der Waals surface area contributed by atoms with E-state index in [0.717, 1.165) is 31.2 Å². The Kier molecular flexibility index (Phi) is 11.0. The topological polar surface area (TPSA) is 157 Å². The molecule has 1 aliphatic heterocycles. The number of nitrogens with zero attached hydrogens (tertiary/aromatic N) is 3. The van der Waals surface area contributed by atoms with Crippen molar-refractivity contribution in [3.8, 4) is 5.75 Å². The van der Waals surface area contributed by atoms with Gasteiger partial charge < -0.3 is 29.0 Å². The molecule has 1 saturated carbocycles. The molecule has 1 aliphatic carbocycles. The molecule has 1 N–H and O–H groups in total. The van der Waals surface area contributed by atoms with Crippen LogP contribution >= 0.6 is 11.8 Å². The minimum Gasteiger partial charge on any atom is -0.486 e. The Hall–Kier alpha value is -3.65. The van der Waals surface area contributed by atoms with Crippen LogP contribution in [-0.2, 0) is 44.7 Å². The molecule has 0 unspecified atom stereocenters. The predicted molar refractivity (Wildman–Crippen MR) is 153 cm³/mol. The molecule has 1 amide bonds. The highest BCUT2D eigenvalue weighted by Gasteiger charge is 2.51. The molecular formula is C29H38N4O9S. The predicted octanol–water partition coefficient (Wildman–Crippen LogP) is 3.03. The monoisotopic (exact) mass is 618 g/mol. The van der Waals surface area contributed by atoms with Gasteiger partial charge in [0.2, 0.25) is 5.91 Å². The lowest BCUT2D eigenvalue weighted by Gasteiger charge is -2.44. The molecule has 14 heteroatoms. The van der Waals surface area contributed by atoms with E-state index in [1.54, 1.807) is 0 Å². The van der Waals surface area contributed by atoms with Crippen LogP contribution < -0.4 is 10.1 Å². The SMILES string of the molecule is CC(=O)N[C@@H]1[C@@H](OC(C)=O)[C@H](OC(C)=O)[C@@H](COC(C)=O)O[C@H]1Sc1nnc(COc2ccc(C)cc2)n1C1CCCC1. The minimum atomic E-state index is -1.17.